The molecule has 0 spiro atoms. The lowest BCUT2D eigenvalue weighted by Gasteiger charge is -2.24. The number of Topliss-reactive ketones (excluding diaryl/α,β-unsaturated/α-hetero) is 1. The number of hydrogen-bond donors (Lipinski definition) is 1. The van der Waals surface area contributed by atoms with Crippen LogP contribution in [0.15, 0.2) is 41.7 Å². The highest BCUT2D eigenvalue weighted by Gasteiger charge is 2.37. The fourth-order valence-electron chi connectivity index (χ4n) is 3.26. The largest absolute Gasteiger partial charge is 0.476 e. The van der Waals surface area contributed by atoms with Crippen LogP contribution in [-0.2, 0) is 14.8 Å². The molecule has 1 atom stereocenters. The monoisotopic (exact) mass is 388 g/mol. The lowest BCUT2D eigenvalue weighted by molar-refractivity contribution is -0.112. The van der Waals surface area contributed by atoms with Gasteiger partial charge in [-0.2, -0.15) is 4.31 Å². The zero-order chi connectivity index (χ0) is 19.0. The minimum Gasteiger partial charge on any atom is -0.476 e. The molecule has 0 bridgehead atoms. The maximum Gasteiger partial charge on any atom is 0.296 e. The van der Waals surface area contributed by atoms with Crippen LogP contribution in [0.3, 0.4) is 0 Å². The van der Waals surface area contributed by atoms with Crippen LogP contribution in [0.2, 0.25) is 0 Å². The van der Waals surface area contributed by atoms with Crippen molar-refractivity contribution in [3.05, 3.63) is 42.4 Å². The van der Waals surface area contributed by atoms with Gasteiger partial charge in [0.2, 0.25) is 15.9 Å². The van der Waals surface area contributed by atoms with Crippen LogP contribution in [0, 0.1) is 0 Å². The summed E-state index contributed by atoms with van der Waals surface area (Å²) in [4.78, 5) is 31.1. The van der Waals surface area contributed by atoms with Crippen molar-refractivity contribution in [2.24, 2.45) is 0 Å². The third kappa shape index (κ3) is 3.17. The van der Waals surface area contributed by atoms with Gasteiger partial charge in [-0.25, -0.2) is 18.4 Å². The van der Waals surface area contributed by atoms with Gasteiger partial charge in [-0.3, -0.25) is 9.59 Å². The van der Waals surface area contributed by atoms with Gasteiger partial charge in [-0.1, -0.05) is 0 Å². The number of ether oxygens (including phenoxy) is 1. The molecule has 1 aromatic heterocycles. The van der Waals surface area contributed by atoms with E-state index in [1.807, 2.05) is 0 Å². The Labute approximate surface area is 155 Å². The number of ketones is 1. The van der Waals surface area contributed by atoms with E-state index in [4.69, 9.17) is 4.74 Å². The van der Waals surface area contributed by atoms with Crippen LogP contribution < -0.4 is 10.1 Å². The molecule has 2 aliphatic rings. The Kier molecular flexibility index (Phi) is 4.36. The van der Waals surface area contributed by atoms with E-state index >= 15 is 0 Å². The molecule has 10 heteroatoms. The fourth-order valence-corrected chi connectivity index (χ4v) is 4.96. The zero-order valence-electron chi connectivity index (χ0n) is 14.2. The van der Waals surface area contributed by atoms with Gasteiger partial charge in [0.15, 0.2) is 0 Å². The molecule has 3 heterocycles. The molecule has 0 unspecified atom stereocenters. The van der Waals surface area contributed by atoms with Crippen LogP contribution in [0.4, 0.5) is 5.69 Å². The number of carbonyl (C=O) groups excluding carboxylic acids is 2. The van der Waals surface area contributed by atoms with E-state index < -0.39 is 21.7 Å². The van der Waals surface area contributed by atoms with Crippen LogP contribution in [0.5, 0.6) is 5.88 Å². The molecule has 1 amide bonds. The smallest absolute Gasteiger partial charge is 0.296 e. The number of sulfonamides is 1. The SMILES string of the molecule is O=C1Nc2ccc(S(=O)(=O)N3CCC[C@H]3COc3ccncn3)cc2C1=O. The van der Waals surface area contributed by atoms with E-state index in [0.29, 0.717) is 31.0 Å². The van der Waals surface area contributed by atoms with Crippen LogP contribution in [0.1, 0.15) is 23.2 Å². The van der Waals surface area contributed by atoms with Crippen molar-refractivity contribution in [3.8, 4) is 5.88 Å². The normalized spacial score (nSPS) is 19.8. The summed E-state index contributed by atoms with van der Waals surface area (Å²) in [6.07, 6.45) is 4.27. The summed E-state index contributed by atoms with van der Waals surface area (Å²) >= 11 is 0. The van der Waals surface area contributed by atoms with Crippen molar-refractivity contribution in [2.75, 3.05) is 18.5 Å². The average Bonchev–Trinajstić information content (AvgIpc) is 3.26. The topological polar surface area (TPSA) is 119 Å². The number of rotatable bonds is 5. The summed E-state index contributed by atoms with van der Waals surface area (Å²) in [5.41, 5.74) is 0.406. The van der Waals surface area contributed by atoms with E-state index in [0.717, 1.165) is 0 Å². The number of aromatic nitrogens is 2. The highest BCUT2D eigenvalue weighted by molar-refractivity contribution is 7.89. The molecule has 0 saturated carbocycles. The van der Waals surface area contributed by atoms with Gasteiger partial charge in [0, 0.05) is 18.8 Å². The van der Waals surface area contributed by atoms with Crippen molar-refractivity contribution in [3.63, 3.8) is 0 Å². The number of carbonyl (C=O) groups is 2. The van der Waals surface area contributed by atoms with Crippen molar-refractivity contribution in [1.29, 1.82) is 0 Å². The predicted molar refractivity (Wildman–Crippen MR) is 93.8 cm³/mol. The Bertz CT molecular complexity index is 1010. The van der Waals surface area contributed by atoms with Gasteiger partial charge in [0.25, 0.3) is 11.7 Å². The molecule has 0 aliphatic carbocycles. The zero-order valence-corrected chi connectivity index (χ0v) is 15.0. The van der Waals surface area contributed by atoms with Crippen LogP contribution in [0.25, 0.3) is 0 Å². The first-order valence-electron chi connectivity index (χ1n) is 8.37. The van der Waals surface area contributed by atoms with Gasteiger partial charge < -0.3 is 10.1 Å². The lowest BCUT2D eigenvalue weighted by Crippen LogP contribution is -2.39. The third-order valence-corrected chi connectivity index (χ3v) is 6.55. The number of fused-ring (bicyclic) bond motifs is 1. The van der Waals surface area contributed by atoms with Crippen molar-refractivity contribution in [1.82, 2.24) is 14.3 Å². The van der Waals surface area contributed by atoms with E-state index in [2.05, 4.69) is 15.3 Å². The lowest BCUT2D eigenvalue weighted by atomic mass is 10.1. The van der Waals surface area contributed by atoms with Gasteiger partial charge >= 0.3 is 0 Å². The number of anilines is 1. The third-order valence-electron chi connectivity index (χ3n) is 4.60. The van der Waals surface area contributed by atoms with Crippen molar-refractivity contribution < 1.29 is 22.7 Å². The summed E-state index contributed by atoms with van der Waals surface area (Å²) < 4.78 is 33.1. The Morgan fingerprint density at radius 1 is 1.26 bits per heavy atom. The molecular weight excluding hydrogens is 372 g/mol. The van der Waals surface area contributed by atoms with Gasteiger partial charge in [-0.15, -0.1) is 0 Å². The Hall–Kier alpha value is -2.85. The van der Waals surface area contributed by atoms with E-state index in [1.54, 1.807) is 12.3 Å². The van der Waals surface area contributed by atoms with Crippen LogP contribution >= 0.6 is 0 Å². The second-order valence-electron chi connectivity index (χ2n) is 6.26. The van der Waals surface area contributed by atoms with E-state index in [-0.39, 0.29) is 23.1 Å². The van der Waals surface area contributed by atoms with Crippen molar-refractivity contribution >= 4 is 27.4 Å². The number of nitrogens with one attached hydrogen (secondary N) is 1. The molecular formula is C17H16N4O5S. The summed E-state index contributed by atoms with van der Waals surface area (Å²) in [5, 5.41) is 2.41. The minimum absolute atomic E-state index is 0.0139. The second-order valence-corrected chi connectivity index (χ2v) is 8.15. The first kappa shape index (κ1) is 17.6. The molecule has 27 heavy (non-hydrogen) atoms. The Morgan fingerprint density at radius 3 is 2.89 bits per heavy atom. The molecule has 2 aromatic rings. The molecule has 1 N–H and O–H groups in total. The average molecular weight is 388 g/mol. The Morgan fingerprint density at radius 2 is 2.11 bits per heavy atom. The second kappa shape index (κ2) is 6.71. The molecule has 0 radical (unpaired) electrons. The summed E-state index contributed by atoms with van der Waals surface area (Å²) in [6.45, 7) is 0.530. The molecule has 1 saturated heterocycles. The highest BCUT2D eigenvalue weighted by atomic mass is 32.2. The predicted octanol–water partition coefficient (Wildman–Crippen LogP) is 0.843. The maximum atomic E-state index is 13.1. The standard InChI is InChI=1S/C17H16N4O5S/c22-16-13-8-12(3-4-14(13)20-17(16)23)27(24,25)21-7-1-2-11(21)9-26-15-5-6-18-10-19-15/h3-6,8,10-11H,1-2,7,9H2,(H,20,22,23)/t11-/m0/s1. The summed E-state index contributed by atoms with van der Waals surface area (Å²) in [7, 11) is -3.83. The van der Waals surface area contributed by atoms with E-state index in [1.165, 1.54) is 28.8 Å². The van der Waals surface area contributed by atoms with Gasteiger partial charge in [0.1, 0.15) is 12.9 Å². The van der Waals surface area contributed by atoms with Crippen LogP contribution in [-0.4, -0.2) is 53.6 Å². The first-order valence-corrected chi connectivity index (χ1v) is 9.81. The molecule has 140 valence electrons. The van der Waals surface area contributed by atoms with Gasteiger partial charge in [0.05, 0.1) is 22.2 Å². The molecule has 1 aromatic carbocycles. The molecule has 9 nitrogen and oxygen atoms in total. The molecule has 1 fully saturated rings. The Balaban J connectivity index is 1.56. The summed E-state index contributed by atoms with van der Waals surface area (Å²) in [5.74, 6) is -1.11. The van der Waals surface area contributed by atoms with Crippen molar-refractivity contribution in [2.45, 2.75) is 23.8 Å². The maximum absolute atomic E-state index is 13.1. The van der Waals surface area contributed by atoms with Gasteiger partial charge in [-0.05, 0) is 31.0 Å². The quantitative estimate of drug-likeness (QED) is 0.754. The number of amides is 1. The fraction of sp³-hybridized carbons (Fsp3) is 0.294. The molecule has 4 rings (SSSR count). The minimum atomic E-state index is -3.83. The number of nitrogens with zero attached hydrogens (tertiary/aromatic N) is 3. The number of benzene rings is 1. The first-order chi connectivity index (χ1) is 13.0. The highest BCUT2D eigenvalue weighted by Crippen LogP contribution is 2.30. The summed E-state index contributed by atoms with van der Waals surface area (Å²) in [6, 6.07) is 5.35. The van der Waals surface area contributed by atoms with E-state index in [9.17, 15) is 18.0 Å². The molecule has 2 aliphatic heterocycles. The number of hydrogen-bond acceptors (Lipinski definition) is 7.